The van der Waals surface area contributed by atoms with E-state index in [9.17, 15) is 4.79 Å². The molecule has 0 aromatic carbocycles. The van der Waals surface area contributed by atoms with Gasteiger partial charge in [-0.3, -0.25) is 4.79 Å². The van der Waals surface area contributed by atoms with E-state index in [0.717, 1.165) is 0 Å². The van der Waals surface area contributed by atoms with Gasteiger partial charge in [-0.15, -0.1) is 0 Å². The highest BCUT2D eigenvalue weighted by atomic mass is 16.1. The normalized spacial score (nSPS) is 9.91. The number of primary amides is 1. The number of aromatic nitrogens is 2. The summed E-state index contributed by atoms with van der Waals surface area (Å²) in [4.78, 5) is 14.3. The van der Waals surface area contributed by atoms with Crippen molar-refractivity contribution in [3.8, 4) is 0 Å². The minimum absolute atomic E-state index is 0.276. The van der Waals surface area contributed by atoms with Crippen LogP contribution in [0.3, 0.4) is 0 Å². The van der Waals surface area contributed by atoms with Crippen molar-refractivity contribution in [1.29, 1.82) is 0 Å². The molecule has 0 unspecified atom stereocenters. The Bertz CT molecular complexity index is 255. The van der Waals surface area contributed by atoms with Crippen molar-refractivity contribution >= 4 is 5.91 Å². The monoisotopic (exact) mass is 154 g/mol. The van der Waals surface area contributed by atoms with Gasteiger partial charge in [0, 0.05) is 19.3 Å². The molecular weight excluding hydrogens is 144 g/mol. The molecule has 60 valence electrons. The second-order valence-electron chi connectivity index (χ2n) is 2.15. The number of carbonyl (C=O) groups excluding carboxylic acids is 1. The molecule has 1 aromatic rings. The average molecular weight is 154 g/mol. The molecule has 0 radical (unpaired) electrons. The van der Waals surface area contributed by atoms with E-state index >= 15 is 0 Å². The fourth-order valence-electron chi connectivity index (χ4n) is 0.759. The van der Waals surface area contributed by atoms with Crippen LogP contribution in [0.2, 0.25) is 0 Å². The molecule has 0 aliphatic carbocycles. The molecule has 0 aliphatic rings. The SMILES string of the molecule is NCCn1cnc(C(N)=O)c1. The van der Waals surface area contributed by atoms with E-state index < -0.39 is 5.91 Å². The first-order chi connectivity index (χ1) is 5.24. The maximum absolute atomic E-state index is 10.5. The predicted octanol–water partition coefficient (Wildman–Crippen LogP) is -1.06. The number of hydrogen-bond acceptors (Lipinski definition) is 3. The summed E-state index contributed by atoms with van der Waals surface area (Å²) in [6.07, 6.45) is 3.11. The van der Waals surface area contributed by atoms with Gasteiger partial charge in [-0.2, -0.15) is 0 Å². The standard InChI is InChI=1S/C6H10N4O/c7-1-2-10-3-5(6(8)11)9-4-10/h3-4H,1-2,7H2,(H2,8,11). The maximum atomic E-state index is 10.5. The smallest absolute Gasteiger partial charge is 0.268 e. The molecule has 11 heavy (non-hydrogen) atoms. The third-order valence-corrected chi connectivity index (χ3v) is 1.27. The van der Waals surface area contributed by atoms with Crippen LogP contribution in [-0.4, -0.2) is 22.0 Å². The largest absolute Gasteiger partial charge is 0.364 e. The van der Waals surface area contributed by atoms with Gasteiger partial charge in [-0.25, -0.2) is 4.98 Å². The summed E-state index contributed by atoms with van der Waals surface area (Å²) in [6, 6.07) is 0. The zero-order chi connectivity index (χ0) is 8.27. The molecule has 0 bridgehead atoms. The predicted molar refractivity (Wildman–Crippen MR) is 39.8 cm³/mol. The zero-order valence-electron chi connectivity index (χ0n) is 6.03. The number of hydrogen-bond donors (Lipinski definition) is 2. The van der Waals surface area contributed by atoms with Crippen LogP contribution in [0.15, 0.2) is 12.5 Å². The Balaban J connectivity index is 2.73. The summed E-state index contributed by atoms with van der Waals surface area (Å²) in [5.74, 6) is -0.513. The van der Waals surface area contributed by atoms with Crippen molar-refractivity contribution in [2.24, 2.45) is 11.5 Å². The lowest BCUT2D eigenvalue weighted by molar-refractivity contribution is 0.0996. The minimum atomic E-state index is -0.513. The van der Waals surface area contributed by atoms with Crippen LogP contribution in [0.1, 0.15) is 10.5 Å². The Morgan fingerprint density at radius 2 is 2.45 bits per heavy atom. The van der Waals surface area contributed by atoms with E-state index in [1.165, 1.54) is 6.33 Å². The van der Waals surface area contributed by atoms with Crippen LogP contribution < -0.4 is 11.5 Å². The number of imidazole rings is 1. The van der Waals surface area contributed by atoms with Crippen LogP contribution in [0.25, 0.3) is 0 Å². The number of nitrogens with two attached hydrogens (primary N) is 2. The first-order valence-electron chi connectivity index (χ1n) is 3.25. The lowest BCUT2D eigenvalue weighted by atomic mass is 10.5. The molecule has 4 N–H and O–H groups in total. The van der Waals surface area contributed by atoms with Crippen molar-refractivity contribution in [3.05, 3.63) is 18.2 Å². The Hall–Kier alpha value is -1.36. The lowest BCUT2D eigenvalue weighted by Gasteiger charge is -1.94. The molecule has 0 fully saturated rings. The molecule has 5 heteroatoms. The molecule has 1 amide bonds. The van der Waals surface area contributed by atoms with Crippen LogP contribution in [0.5, 0.6) is 0 Å². The Kier molecular flexibility index (Phi) is 2.22. The van der Waals surface area contributed by atoms with Crippen LogP contribution >= 0.6 is 0 Å². The maximum Gasteiger partial charge on any atom is 0.268 e. The minimum Gasteiger partial charge on any atom is -0.364 e. The van der Waals surface area contributed by atoms with E-state index in [4.69, 9.17) is 11.5 Å². The van der Waals surface area contributed by atoms with Crippen LogP contribution in [0.4, 0.5) is 0 Å². The number of rotatable bonds is 3. The second-order valence-corrected chi connectivity index (χ2v) is 2.15. The van der Waals surface area contributed by atoms with Crippen LogP contribution in [-0.2, 0) is 6.54 Å². The average Bonchev–Trinajstić information content (AvgIpc) is 2.37. The highest BCUT2D eigenvalue weighted by Crippen LogP contribution is 1.93. The molecule has 0 aliphatic heterocycles. The van der Waals surface area contributed by atoms with Gasteiger partial charge in [0.15, 0.2) is 0 Å². The Morgan fingerprint density at radius 1 is 1.73 bits per heavy atom. The third kappa shape index (κ3) is 1.78. The summed E-state index contributed by atoms with van der Waals surface area (Å²) < 4.78 is 1.72. The van der Waals surface area contributed by atoms with Crippen molar-refractivity contribution < 1.29 is 4.79 Å². The number of amides is 1. The van der Waals surface area contributed by atoms with E-state index in [0.29, 0.717) is 13.1 Å². The van der Waals surface area contributed by atoms with Gasteiger partial charge in [0.05, 0.1) is 6.33 Å². The zero-order valence-corrected chi connectivity index (χ0v) is 6.03. The van der Waals surface area contributed by atoms with Crippen LogP contribution in [0, 0.1) is 0 Å². The molecule has 0 spiro atoms. The van der Waals surface area contributed by atoms with Gasteiger partial charge >= 0.3 is 0 Å². The van der Waals surface area contributed by atoms with Crippen molar-refractivity contribution in [1.82, 2.24) is 9.55 Å². The third-order valence-electron chi connectivity index (χ3n) is 1.27. The fourth-order valence-corrected chi connectivity index (χ4v) is 0.759. The summed E-state index contributed by atoms with van der Waals surface area (Å²) >= 11 is 0. The quantitative estimate of drug-likeness (QED) is 0.581. The van der Waals surface area contributed by atoms with Crippen molar-refractivity contribution in [2.45, 2.75) is 6.54 Å². The van der Waals surface area contributed by atoms with Gasteiger partial charge in [0.1, 0.15) is 5.69 Å². The molecule has 1 aromatic heterocycles. The first-order valence-corrected chi connectivity index (χ1v) is 3.25. The van der Waals surface area contributed by atoms with Gasteiger partial charge in [-0.05, 0) is 0 Å². The molecular formula is C6H10N4O. The summed E-state index contributed by atoms with van der Waals surface area (Å²) in [5.41, 5.74) is 10.5. The van der Waals surface area contributed by atoms with Gasteiger partial charge in [0.2, 0.25) is 0 Å². The molecule has 5 nitrogen and oxygen atoms in total. The van der Waals surface area contributed by atoms with E-state index in [-0.39, 0.29) is 5.69 Å². The molecule has 1 heterocycles. The second kappa shape index (κ2) is 3.16. The van der Waals surface area contributed by atoms with E-state index in [1.54, 1.807) is 10.8 Å². The topological polar surface area (TPSA) is 86.9 Å². The van der Waals surface area contributed by atoms with E-state index in [2.05, 4.69) is 4.98 Å². The number of nitrogens with zero attached hydrogens (tertiary/aromatic N) is 2. The molecule has 0 saturated heterocycles. The van der Waals surface area contributed by atoms with Gasteiger partial charge in [-0.1, -0.05) is 0 Å². The Morgan fingerprint density at radius 3 is 2.91 bits per heavy atom. The molecule has 1 rings (SSSR count). The van der Waals surface area contributed by atoms with Crippen molar-refractivity contribution in [2.75, 3.05) is 6.54 Å². The summed E-state index contributed by atoms with van der Waals surface area (Å²) in [7, 11) is 0. The molecule has 0 saturated carbocycles. The highest BCUT2D eigenvalue weighted by molar-refractivity contribution is 5.90. The summed E-state index contributed by atoms with van der Waals surface area (Å²) in [5, 5.41) is 0. The highest BCUT2D eigenvalue weighted by Gasteiger charge is 2.02. The molecule has 0 atom stereocenters. The van der Waals surface area contributed by atoms with Gasteiger partial charge < -0.3 is 16.0 Å². The van der Waals surface area contributed by atoms with Crippen molar-refractivity contribution in [3.63, 3.8) is 0 Å². The fraction of sp³-hybridized carbons (Fsp3) is 0.333. The summed E-state index contributed by atoms with van der Waals surface area (Å²) in [6.45, 7) is 1.18. The van der Waals surface area contributed by atoms with Gasteiger partial charge in [0.25, 0.3) is 5.91 Å². The number of carbonyl (C=O) groups is 1. The van der Waals surface area contributed by atoms with E-state index in [1.807, 2.05) is 0 Å². The first kappa shape index (κ1) is 7.74. The Labute approximate surface area is 64.0 Å². The lowest BCUT2D eigenvalue weighted by Crippen LogP contribution is -2.11.